The van der Waals surface area contributed by atoms with Crippen LogP contribution in [0, 0.1) is 0 Å². The molecule has 1 aromatic heterocycles. The third-order valence-electron chi connectivity index (χ3n) is 4.05. The molecule has 7 heteroatoms. The van der Waals surface area contributed by atoms with E-state index in [0.717, 1.165) is 0 Å². The molecule has 0 bridgehead atoms. The highest BCUT2D eigenvalue weighted by molar-refractivity contribution is 6.30. The number of halogens is 1. The number of anilines is 1. The highest BCUT2D eigenvalue weighted by atomic mass is 35.5. The van der Waals surface area contributed by atoms with E-state index in [1.807, 2.05) is 6.07 Å². The van der Waals surface area contributed by atoms with Gasteiger partial charge in [0.15, 0.2) is 11.9 Å². The molecular weight excluding hydrogens is 392 g/mol. The second-order valence-corrected chi connectivity index (χ2v) is 6.61. The predicted molar refractivity (Wildman–Crippen MR) is 109 cm³/mol. The molecule has 0 spiro atoms. The first-order chi connectivity index (χ1) is 13.9. The summed E-state index contributed by atoms with van der Waals surface area (Å²) >= 11 is 5.75. The van der Waals surface area contributed by atoms with E-state index in [1.54, 1.807) is 42.5 Å². The summed E-state index contributed by atoms with van der Waals surface area (Å²) in [5.74, 6) is -1.04. The fourth-order valence-corrected chi connectivity index (χ4v) is 2.59. The van der Waals surface area contributed by atoms with Crippen LogP contribution < -0.4 is 5.32 Å². The normalized spacial score (nSPS) is 11.4. The highest BCUT2D eigenvalue weighted by Gasteiger charge is 2.20. The Morgan fingerprint density at radius 1 is 0.897 bits per heavy atom. The van der Waals surface area contributed by atoms with Gasteiger partial charge in [0.25, 0.3) is 5.91 Å². The number of hydrogen-bond donors (Lipinski definition) is 1. The van der Waals surface area contributed by atoms with Crippen molar-refractivity contribution in [2.45, 2.75) is 13.0 Å². The average molecular weight is 409 g/mol. The monoisotopic (exact) mass is 408 g/mol. The zero-order valence-corrected chi connectivity index (χ0v) is 16.2. The molecule has 1 atom stereocenters. The van der Waals surface area contributed by atoms with Crippen molar-refractivity contribution in [1.29, 1.82) is 0 Å². The van der Waals surface area contributed by atoms with Crippen molar-refractivity contribution in [3.8, 4) is 0 Å². The number of nitrogens with zero attached hydrogens (tertiary/aromatic N) is 1. The standard InChI is InChI=1S/C22H17ClN2O4/c1-14(21(27)25-19-12-11-18(23)13-24-19)29-22(28)17-9-7-16(8-10-17)20(26)15-5-3-2-4-6-15/h2-14H,1H3,(H,24,25,27)/t14-/m1/s1. The molecule has 1 amide bonds. The minimum absolute atomic E-state index is 0.145. The lowest BCUT2D eigenvalue weighted by Gasteiger charge is -2.13. The maximum absolute atomic E-state index is 12.4. The van der Waals surface area contributed by atoms with Gasteiger partial charge < -0.3 is 10.1 Å². The molecule has 146 valence electrons. The lowest BCUT2D eigenvalue weighted by Crippen LogP contribution is -2.30. The fraction of sp³-hybridized carbons (Fsp3) is 0.0909. The quantitative estimate of drug-likeness (QED) is 0.489. The van der Waals surface area contributed by atoms with E-state index in [9.17, 15) is 14.4 Å². The largest absolute Gasteiger partial charge is 0.449 e. The molecule has 0 saturated heterocycles. The van der Waals surface area contributed by atoms with Gasteiger partial charge in [-0.05, 0) is 31.2 Å². The number of carbonyl (C=O) groups excluding carboxylic acids is 3. The Morgan fingerprint density at radius 2 is 1.52 bits per heavy atom. The highest BCUT2D eigenvalue weighted by Crippen LogP contribution is 2.13. The number of esters is 1. The Bertz CT molecular complexity index is 1020. The van der Waals surface area contributed by atoms with Crippen LogP contribution in [-0.4, -0.2) is 28.7 Å². The van der Waals surface area contributed by atoms with Crippen LogP contribution in [0.15, 0.2) is 72.9 Å². The molecule has 0 saturated carbocycles. The lowest BCUT2D eigenvalue weighted by atomic mass is 10.0. The number of carbonyl (C=O) groups is 3. The van der Waals surface area contributed by atoms with Gasteiger partial charge in [-0.15, -0.1) is 0 Å². The van der Waals surface area contributed by atoms with Gasteiger partial charge in [0.2, 0.25) is 0 Å². The van der Waals surface area contributed by atoms with Gasteiger partial charge in [0, 0.05) is 17.3 Å². The lowest BCUT2D eigenvalue weighted by molar-refractivity contribution is -0.123. The molecular formula is C22H17ClN2O4. The molecule has 1 heterocycles. The van der Waals surface area contributed by atoms with Crippen LogP contribution in [0.4, 0.5) is 5.82 Å². The van der Waals surface area contributed by atoms with Crippen molar-refractivity contribution in [1.82, 2.24) is 4.98 Å². The topological polar surface area (TPSA) is 85.4 Å². The summed E-state index contributed by atoms with van der Waals surface area (Å²) in [7, 11) is 0. The van der Waals surface area contributed by atoms with Crippen molar-refractivity contribution >= 4 is 35.1 Å². The smallest absolute Gasteiger partial charge is 0.338 e. The Morgan fingerprint density at radius 3 is 2.14 bits per heavy atom. The third kappa shape index (κ3) is 5.27. The van der Waals surface area contributed by atoms with Gasteiger partial charge in [0.1, 0.15) is 5.82 Å². The van der Waals surface area contributed by atoms with Gasteiger partial charge in [0.05, 0.1) is 10.6 Å². The second kappa shape index (κ2) is 9.12. The minimum Gasteiger partial charge on any atom is -0.449 e. The van der Waals surface area contributed by atoms with Crippen LogP contribution in [0.2, 0.25) is 5.02 Å². The summed E-state index contributed by atoms with van der Waals surface area (Å²) in [5.41, 5.74) is 1.25. The van der Waals surface area contributed by atoms with E-state index in [0.29, 0.717) is 22.0 Å². The van der Waals surface area contributed by atoms with Crippen LogP contribution >= 0.6 is 11.6 Å². The number of amides is 1. The van der Waals surface area contributed by atoms with E-state index in [4.69, 9.17) is 16.3 Å². The summed E-state index contributed by atoms with van der Waals surface area (Å²) in [6, 6.07) is 18.0. The average Bonchev–Trinajstić information content (AvgIpc) is 2.75. The summed E-state index contributed by atoms with van der Waals surface area (Å²) in [4.78, 5) is 40.8. The first-order valence-electron chi connectivity index (χ1n) is 8.77. The number of benzene rings is 2. The first kappa shape index (κ1) is 20.2. The third-order valence-corrected chi connectivity index (χ3v) is 4.27. The van der Waals surface area contributed by atoms with E-state index >= 15 is 0 Å². The SMILES string of the molecule is C[C@@H](OC(=O)c1ccc(C(=O)c2ccccc2)cc1)C(=O)Nc1ccc(Cl)cn1. The van der Waals surface area contributed by atoms with Crippen LogP contribution in [0.5, 0.6) is 0 Å². The maximum Gasteiger partial charge on any atom is 0.338 e. The Labute approximate surface area is 172 Å². The number of ether oxygens (including phenoxy) is 1. The zero-order chi connectivity index (χ0) is 20.8. The molecule has 29 heavy (non-hydrogen) atoms. The molecule has 3 rings (SSSR count). The molecule has 0 unspecified atom stereocenters. The number of aromatic nitrogens is 1. The number of hydrogen-bond acceptors (Lipinski definition) is 5. The minimum atomic E-state index is -1.04. The summed E-state index contributed by atoms with van der Waals surface area (Å²) in [6.45, 7) is 1.45. The Kier molecular flexibility index (Phi) is 6.36. The maximum atomic E-state index is 12.4. The predicted octanol–water partition coefficient (Wildman–Crippen LogP) is 4.15. The Balaban J connectivity index is 1.60. The van der Waals surface area contributed by atoms with E-state index in [1.165, 1.54) is 31.3 Å². The van der Waals surface area contributed by atoms with E-state index < -0.39 is 18.0 Å². The number of nitrogens with one attached hydrogen (secondary N) is 1. The van der Waals surface area contributed by atoms with Gasteiger partial charge in [-0.3, -0.25) is 9.59 Å². The first-order valence-corrected chi connectivity index (χ1v) is 9.15. The molecule has 6 nitrogen and oxygen atoms in total. The zero-order valence-electron chi connectivity index (χ0n) is 15.5. The number of pyridine rings is 1. The summed E-state index contributed by atoms with van der Waals surface area (Å²) in [5, 5.41) is 2.98. The van der Waals surface area contributed by atoms with E-state index in [2.05, 4.69) is 10.3 Å². The second-order valence-electron chi connectivity index (χ2n) is 6.17. The molecule has 1 N–H and O–H groups in total. The molecule has 2 aromatic carbocycles. The van der Waals surface area contributed by atoms with Crippen molar-refractivity contribution in [3.05, 3.63) is 94.6 Å². The molecule has 0 fully saturated rings. The molecule has 0 aliphatic carbocycles. The van der Waals surface area contributed by atoms with Crippen molar-refractivity contribution in [3.63, 3.8) is 0 Å². The molecule has 0 radical (unpaired) electrons. The van der Waals surface area contributed by atoms with Crippen LogP contribution in [-0.2, 0) is 9.53 Å². The van der Waals surface area contributed by atoms with Crippen LogP contribution in [0.3, 0.4) is 0 Å². The van der Waals surface area contributed by atoms with Crippen LogP contribution in [0.1, 0.15) is 33.2 Å². The Hall–Kier alpha value is -3.51. The van der Waals surface area contributed by atoms with Gasteiger partial charge in [-0.1, -0.05) is 54.1 Å². The summed E-state index contributed by atoms with van der Waals surface area (Å²) < 4.78 is 5.19. The fourth-order valence-electron chi connectivity index (χ4n) is 2.47. The number of rotatable bonds is 6. The van der Waals surface area contributed by atoms with Gasteiger partial charge >= 0.3 is 5.97 Å². The van der Waals surface area contributed by atoms with Crippen molar-refractivity contribution < 1.29 is 19.1 Å². The van der Waals surface area contributed by atoms with Gasteiger partial charge in [-0.2, -0.15) is 0 Å². The molecule has 0 aliphatic heterocycles. The van der Waals surface area contributed by atoms with Gasteiger partial charge in [-0.25, -0.2) is 9.78 Å². The van der Waals surface area contributed by atoms with Crippen LogP contribution in [0.25, 0.3) is 0 Å². The summed E-state index contributed by atoms with van der Waals surface area (Å²) in [6.07, 6.45) is 0.358. The molecule has 3 aromatic rings. The van der Waals surface area contributed by atoms with Crippen molar-refractivity contribution in [2.75, 3.05) is 5.32 Å². The van der Waals surface area contributed by atoms with E-state index in [-0.39, 0.29) is 11.3 Å². The van der Waals surface area contributed by atoms with Crippen molar-refractivity contribution in [2.24, 2.45) is 0 Å². The number of ketones is 1. The molecule has 0 aliphatic rings.